The average Bonchev–Trinajstić information content (AvgIpc) is 2.81. The summed E-state index contributed by atoms with van der Waals surface area (Å²) in [5, 5.41) is 9.92. The van der Waals surface area contributed by atoms with Gasteiger partial charge in [-0.05, 0) is 50.5 Å². The number of benzene rings is 1. The van der Waals surface area contributed by atoms with Crippen molar-refractivity contribution in [2.24, 2.45) is 5.41 Å². The van der Waals surface area contributed by atoms with Crippen LogP contribution in [0, 0.1) is 26.7 Å². The molecule has 1 amide bonds. The van der Waals surface area contributed by atoms with Crippen LogP contribution in [0.4, 0.5) is 0 Å². The molecule has 2 aliphatic rings. The highest BCUT2D eigenvalue weighted by molar-refractivity contribution is 5.85. The summed E-state index contributed by atoms with van der Waals surface area (Å²) in [6.45, 7) is 2.96. The minimum atomic E-state index is -0.282. The zero-order valence-electron chi connectivity index (χ0n) is 15.5. The second-order valence-electron chi connectivity index (χ2n) is 7.44. The topological polar surface area (TPSA) is 40.5 Å². The van der Waals surface area contributed by atoms with Crippen molar-refractivity contribution in [3.05, 3.63) is 57.2 Å². The van der Waals surface area contributed by atoms with E-state index in [-0.39, 0.29) is 38.3 Å². The second kappa shape index (κ2) is 9.38. The van der Waals surface area contributed by atoms with E-state index in [4.69, 9.17) is 0 Å². The minimum Gasteiger partial charge on any atom is -0.393 e. The van der Waals surface area contributed by atoms with Gasteiger partial charge in [0, 0.05) is 12.6 Å². The van der Waals surface area contributed by atoms with Crippen molar-refractivity contribution in [2.75, 3.05) is 6.54 Å². The summed E-state index contributed by atoms with van der Waals surface area (Å²) in [7, 11) is 0. The molecule has 3 heteroatoms. The number of aliphatic hydroxyl groups excluding tert-OH is 1. The number of likely N-dealkylation sites (tertiary alicyclic amines) is 1. The van der Waals surface area contributed by atoms with Gasteiger partial charge in [-0.25, -0.2) is 0 Å². The lowest BCUT2D eigenvalue weighted by atomic mass is 9.82. The molecule has 3 atom stereocenters. The number of amides is 1. The van der Waals surface area contributed by atoms with Gasteiger partial charge in [0.15, 0.2) is 0 Å². The van der Waals surface area contributed by atoms with Crippen LogP contribution in [0.25, 0.3) is 0 Å². The van der Waals surface area contributed by atoms with Crippen LogP contribution in [0.3, 0.4) is 0 Å². The normalized spacial score (nSPS) is 30.0. The van der Waals surface area contributed by atoms with Crippen LogP contribution in [0.15, 0.2) is 30.3 Å². The number of carbonyl (C=O) groups is 1. The summed E-state index contributed by atoms with van der Waals surface area (Å²) >= 11 is 0. The molecule has 0 aromatic heterocycles. The van der Waals surface area contributed by atoms with Gasteiger partial charge < -0.3 is 10.0 Å². The van der Waals surface area contributed by atoms with E-state index in [1.165, 1.54) is 5.56 Å². The monoisotopic (exact) mass is 342 g/mol. The summed E-state index contributed by atoms with van der Waals surface area (Å²) in [4.78, 5) is 15.1. The van der Waals surface area contributed by atoms with Crippen molar-refractivity contribution in [2.45, 2.75) is 64.0 Å². The van der Waals surface area contributed by atoms with Crippen LogP contribution in [0.1, 0.15) is 51.0 Å². The zero-order chi connectivity index (χ0) is 16.3. The molecule has 137 valence electrons. The summed E-state index contributed by atoms with van der Waals surface area (Å²) < 4.78 is 0. The molecule has 0 spiro atoms. The van der Waals surface area contributed by atoms with Gasteiger partial charge >= 0.3 is 0 Å². The number of hydrogen-bond donors (Lipinski definition) is 1. The lowest BCUT2D eigenvalue weighted by Crippen LogP contribution is -2.42. The standard InChI is InChI=1S/C20H28NO2.2CH2/c1-20(15-16-7-3-2-4-8-16)13-14-21(19(20)23)17-9-5-6-10-18(22)12-11-17;;/h2-4,7-9,17-18,22H,5-6,10-15H2,1H3;2*1H2. The molecule has 2 fully saturated rings. The molecule has 1 heterocycles. The molecule has 3 rings (SSSR count). The zero-order valence-corrected chi connectivity index (χ0v) is 15.5. The summed E-state index contributed by atoms with van der Waals surface area (Å²) in [5.74, 6) is 0.290. The van der Waals surface area contributed by atoms with Crippen LogP contribution in [0.5, 0.6) is 0 Å². The van der Waals surface area contributed by atoms with Gasteiger partial charge in [0.05, 0.1) is 11.5 Å². The molecule has 25 heavy (non-hydrogen) atoms. The third kappa shape index (κ3) is 5.07. The Balaban J connectivity index is 0.00000156. The maximum atomic E-state index is 13.1. The van der Waals surface area contributed by atoms with Crippen molar-refractivity contribution in [3.63, 3.8) is 0 Å². The Kier molecular flexibility index (Phi) is 8.14. The SMILES string of the molecule is CC1(Cc2ccccc2)CCN(C2[CH]CCCC(O)CC2)C1=O.[CH2].[CH2]. The Morgan fingerprint density at radius 2 is 1.88 bits per heavy atom. The Morgan fingerprint density at radius 3 is 2.60 bits per heavy atom. The predicted octanol–water partition coefficient (Wildman–Crippen LogP) is 4.02. The number of nitrogens with zero attached hydrogens (tertiary/aromatic N) is 1. The quantitative estimate of drug-likeness (QED) is 0.901. The summed E-state index contributed by atoms with van der Waals surface area (Å²) in [6.07, 6.45) is 8.48. The number of rotatable bonds is 3. The van der Waals surface area contributed by atoms with Crippen molar-refractivity contribution < 1.29 is 9.90 Å². The van der Waals surface area contributed by atoms with Crippen molar-refractivity contribution in [1.82, 2.24) is 4.90 Å². The predicted molar refractivity (Wildman–Crippen MR) is 102 cm³/mol. The van der Waals surface area contributed by atoms with E-state index in [1.54, 1.807) is 0 Å². The van der Waals surface area contributed by atoms with Crippen LogP contribution in [0.2, 0.25) is 0 Å². The van der Waals surface area contributed by atoms with E-state index >= 15 is 0 Å². The largest absolute Gasteiger partial charge is 0.393 e. The fourth-order valence-corrected chi connectivity index (χ4v) is 4.02. The van der Waals surface area contributed by atoms with E-state index in [1.807, 2.05) is 18.2 Å². The molecule has 3 nitrogen and oxygen atoms in total. The van der Waals surface area contributed by atoms with E-state index in [0.717, 1.165) is 51.5 Å². The summed E-state index contributed by atoms with van der Waals surface area (Å²) in [5.41, 5.74) is 0.957. The van der Waals surface area contributed by atoms with Crippen molar-refractivity contribution in [3.8, 4) is 0 Å². The smallest absolute Gasteiger partial charge is 0.229 e. The van der Waals surface area contributed by atoms with E-state index in [2.05, 4.69) is 30.4 Å². The first kappa shape index (κ1) is 21.7. The van der Waals surface area contributed by atoms with Gasteiger partial charge in [-0.15, -0.1) is 0 Å². The molecule has 1 aliphatic heterocycles. The molecule has 1 aromatic carbocycles. The average molecular weight is 343 g/mol. The Hall–Kier alpha value is -1.35. The van der Waals surface area contributed by atoms with E-state index in [0.29, 0.717) is 0 Å². The first-order valence-corrected chi connectivity index (χ1v) is 8.95. The van der Waals surface area contributed by atoms with Gasteiger partial charge in [-0.3, -0.25) is 4.79 Å². The molecule has 5 radical (unpaired) electrons. The summed E-state index contributed by atoms with van der Waals surface area (Å²) in [6, 6.07) is 10.5. The van der Waals surface area contributed by atoms with Crippen LogP contribution < -0.4 is 0 Å². The third-order valence-corrected chi connectivity index (χ3v) is 5.49. The lowest BCUT2D eigenvalue weighted by Gasteiger charge is -2.32. The highest BCUT2D eigenvalue weighted by Gasteiger charge is 2.44. The third-order valence-electron chi connectivity index (χ3n) is 5.49. The van der Waals surface area contributed by atoms with E-state index < -0.39 is 0 Å². The number of aliphatic hydroxyl groups is 1. The minimum absolute atomic E-state index is 0. The first-order valence-electron chi connectivity index (χ1n) is 8.95. The molecule has 1 aromatic rings. The van der Waals surface area contributed by atoms with Crippen molar-refractivity contribution >= 4 is 5.91 Å². The van der Waals surface area contributed by atoms with Crippen LogP contribution in [-0.2, 0) is 11.2 Å². The maximum absolute atomic E-state index is 13.1. The molecular weight excluding hydrogens is 310 g/mol. The van der Waals surface area contributed by atoms with Gasteiger partial charge in [0.25, 0.3) is 0 Å². The van der Waals surface area contributed by atoms with Gasteiger partial charge in [-0.1, -0.05) is 58.5 Å². The van der Waals surface area contributed by atoms with E-state index in [9.17, 15) is 9.90 Å². The first-order chi connectivity index (χ1) is 11.1. The molecule has 1 saturated heterocycles. The highest BCUT2D eigenvalue weighted by Crippen LogP contribution is 2.37. The van der Waals surface area contributed by atoms with Crippen LogP contribution in [-0.4, -0.2) is 34.6 Å². The van der Waals surface area contributed by atoms with Crippen molar-refractivity contribution in [1.29, 1.82) is 0 Å². The molecule has 0 bridgehead atoms. The fraction of sp³-hybridized carbons (Fsp3) is 0.545. The fourth-order valence-electron chi connectivity index (χ4n) is 4.02. The molecule has 1 N–H and O–H groups in total. The Labute approximate surface area is 154 Å². The molecule has 1 aliphatic carbocycles. The molecule has 1 saturated carbocycles. The second-order valence-corrected chi connectivity index (χ2v) is 7.44. The van der Waals surface area contributed by atoms with Gasteiger partial charge in [-0.2, -0.15) is 0 Å². The Morgan fingerprint density at radius 1 is 1.16 bits per heavy atom. The van der Waals surface area contributed by atoms with Gasteiger partial charge in [0.1, 0.15) is 0 Å². The Bertz CT molecular complexity index is 530. The highest BCUT2D eigenvalue weighted by atomic mass is 16.3. The lowest BCUT2D eigenvalue weighted by molar-refractivity contribution is -0.137. The molecule has 3 unspecified atom stereocenters. The molecular formula is C22H32NO2. The van der Waals surface area contributed by atoms with Gasteiger partial charge in [0.2, 0.25) is 5.91 Å². The number of hydrogen-bond acceptors (Lipinski definition) is 2. The maximum Gasteiger partial charge on any atom is 0.229 e. The van der Waals surface area contributed by atoms with Crippen LogP contribution >= 0.6 is 0 Å². The number of carbonyl (C=O) groups excluding carboxylic acids is 1.